The Morgan fingerprint density at radius 2 is 2.43 bits per heavy atom. The molecule has 0 aliphatic carbocycles. The van der Waals surface area contributed by atoms with E-state index in [9.17, 15) is 0 Å². The third-order valence-corrected chi connectivity index (χ3v) is 2.91. The van der Waals surface area contributed by atoms with Gasteiger partial charge in [-0.1, -0.05) is 6.92 Å². The van der Waals surface area contributed by atoms with Gasteiger partial charge in [0.1, 0.15) is 5.84 Å². The van der Waals surface area contributed by atoms with Gasteiger partial charge in [-0.3, -0.25) is 10.3 Å². The molecule has 0 radical (unpaired) electrons. The Bertz CT molecular complexity index is 196. The van der Waals surface area contributed by atoms with Crippen molar-refractivity contribution in [3.63, 3.8) is 0 Å². The molecule has 0 bridgehead atoms. The van der Waals surface area contributed by atoms with E-state index in [2.05, 4.69) is 11.8 Å². The Labute approximate surface area is 85.9 Å². The number of nitrogens with zero attached hydrogens (tertiary/aromatic N) is 1. The zero-order chi connectivity index (χ0) is 10.6. The van der Waals surface area contributed by atoms with Crippen molar-refractivity contribution in [2.24, 2.45) is 11.7 Å². The number of nitrogens with one attached hydrogen (secondary N) is 1. The molecule has 2 unspecified atom stereocenters. The minimum atomic E-state index is 0.136. The van der Waals surface area contributed by atoms with Gasteiger partial charge in [-0.25, -0.2) is 0 Å². The fourth-order valence-corrected chi connectivity index (χ4v) is 2.19. The number of ether oxygens (including phenoxy) is 1. The highest BCUT2D eigenvalue weighted by Crippen LogP contribution is 2.19. The van der Waals surface area contributed by atoms with E-state index in [-0.39, 0.29) is 6.04 Å². The van der Waals surface area contributed by atoms with Crippen molar-refractivity contribution in [1.82, 2.24) is 4.90 Å². The van der Waals surface area contributed by atoms with Crippen molar-refractivity contribution in [3.05, 3.63) is 0 Å². The van der Waals surface area contributed by atoms with Crippen LogP contribution >= 0.6 is 0 Å². The summed E-state index contributed by atoms with van der Waals surface area (Å²) in [6.45, 7) is 4.97. The molecule has 82 valence electrons. The third-order valence-electron chi connectivity index (χ3n) is 2.91. The van der Waals surface area contributed by atoms with Crippen molar-refractivity contribution in [3.8, 4) is 0 Å². The van der Waals surface area contributed by atoms with Crippen molar-refractivity contribution in [1.29, 1.82) is 5.41 Å². The van der Waals surface area contributed by atoms with Gasteiger partial charge in [0.2, 0.25) is 0 Å². The molecule has 4 heteroatoms. The quantitative estimate of drug-likeness (QED) is 0.505. The summed E-state index contributed by atoms with van der Waals surface area (Å²) in [7, 11) is 1.74. The number of methoxy groups -OCH3 is 1. The predicted molar refractivity (Wildman–Crippen MR) is 57.5 cm³/mol. The van der Waals surface area contributed by atoms with Crippen molar-refractivity contribution in [2.75, 3.05) is 26.8 Å². The van der Waals surface area contributed by atoms with Gasteiger partial charge in [0.15, 0.2) is 0 Å². The van der Waals surface area contributed by atoms with Gasteiger partial charge in [-0.05, 0) is 25.3 Å². The summed E-state index contributed by atoms with van der Waals surface area (Å²) in [5.41, 5.74) is 5.56. The first-order valence-electron chi connectivity index (χ1n) is 5.26. The van der Waals surface area contributed by atoms with Crippen LogP contribution in [0.15, 0.2) is 0 Å². The van der Waals surface area contributed by atoms with Crippen LogP contribution in [0.3, 0.4) is 0 Å². The lowest BCUT2D eigenvalue weighted by Gasteiger charge is -2.25. The second-order valence-electron chi connectivity index (χ2n) is 3.98. The Morgan fingerprint density at radius 3 is 2.93 bits per heavy atom. The minimum Gasteiger partial charge on any atom is -0.386 e. The summed E-state index contributed by atoms with van der Waals surface area (Å²) in [6.07, 6.45) is 2.09. The second-order valence-corrected chi connectivity index (χ2v) is 3.98. The van der Waals surface area contributed by atoms with Gasteiger partial charge < -0.3 is 10.5 Å². The molecule has 0 amide bonds. The summed E-state index contributed by atoms with van der Waals surface area (Å²) in [4.78, 5) is 2.30. The van der Waals surface area contributed by atoms with E-state index < -0.39 is 0 Å². The Morgan fingerprint density at radius 1 is 1.71 bits per heavy atom. The van der Waals surface area contributed by atoms with Gasteiger partial charge in [0.25, 0.3) is 0 Å². The van der Waals surface area contributed by atoms with Crippen LogP contribution in [0.25, 0.3) is 0 Å². The maximum atomic E-state index is 7.49. The molecule has 14 heavy (non-hydrogen) atoms. The highest BCUT2D eigenvalue weighted by Gasteiger charge is 2.28. The number of amidine groups is 1. The molecular weight excluding hydrogens is 178 g/mol. The van der Waals surface area contributed by atoms with Crippen LogP contribution < -0.4 is 5.73 Å². The molecule has 1 aliphatic heterocycles. The molecular formula is C10H21N3O. The predicted octanol–water partition coefficient (Wildman–Crippen LogP) is 0.669. The monoisotopic (exact) mass is 199 g/mol. The van der Waals surface area contributed by atoms with Crippen LogP contribution in [-0.2, 0) is 4.74 Å². The normalized spacial score (nSPS) is 25.1. The molecule has 1 fully saturated rings. The van der Waals surface area contributed by atoms with E-state index in [4.69, 9.17) is 15.9 Å². The molecule has 3 N–H and O–H groups in total. The fourth-order valence-electron chi connectivity index (χ4n) is 2.19. The average Bonchev–Trinajstić information content (AvgIpc) is 2.54. The van der Waals surface area contributed by atoms with E-state index >= 15 is 0 Å². The van der Waals surface area contributed by atoms with Gasteiger partial charge in [0.05, 0.1) is 12.6 Å². The van der Waals surface area contributed by atoms with Gasteiger partial charge in [0, 0.05) is 13.7 Å². The summed E-state index contributed by atoms with van der Waals surface area (Å²) in [6, 6.07) is 0.136. The zero-order valence-corrected chi connectivity index (χ0v) is 9.12. The van der Waals surface area contributed by atoms with Crippen LogP contribution in [0.5, 0.6) is 0 Å². The van der Waals surface area contributed by atoms with Crippen molar-refractivity contribution < 1.29 is 4.74 Å². The molecule has 0 aromatic carbocycles. The molecule has 0 aromatic rings. The van der Waals surface area contributed by atoms with Crippen LogP contribution in [-0.4, -0.2) is 43.6 Å². The van der Waals surface area contributed by atoms with Crippen molar-refractivity contribution in [2.45, 2.75) is 25.8 Å². The molecule has 2 atom stereocenters. The van der Waals surface area contributed by atoms with Gasteiger partial charge in [-0.2, -0.15) is 0 Å². The lowest BCUT2D eigenvalue weighted by molar-refractivity contribution is 0.151. The number of rotatable bonds is 5. The first kappa shape index (κ1) is 11.5. The molecule has 1 aliphatic rings. The highest BCUT2D eigenvalue weighted by molar-refractivity contribution is 5.82. The first-order chi connectivity index (χ1) is 6.69. The molecule has 0 spiro atoms. The molecule has 1 rings (SSSR count). The van der Waals surface area contributed by atoms with Crippen LogP contribution in [0.2, 0.25) is 0 Å². The summed E-state index contributed by atoms with van der Waals surface area (Å²) < 4.78 is 5.14. The van der Waals surface area contributed by atoms with Gasteiger partial charge in [-0.15, -0.1) is 0 Å². The maximum absolute atomic E-state index is 7.49. The molecule has 1 heterocycles. The number of likely N-dealkylation sites (tertiary alicyclic amines) is 1. The minimum absolute atomic E-state index is 0.136. The van der Waals surface area contributed by atoms with Crippen LogP contribution in [0.1, 0.15) is 19.8 Å². The lowest BCUT2D eigenvalue weighted by Crippen LogP contribution is -2.42. The topological polar surface area (TPSA) is 62.3 Å². The zero-order valence-electron chi connectivity index (χ0n) is 9.12. The summed E-state index contributed by atoms with van der Waals surface area (Å²) in [5, 5.41) is 7.49. The highest BCUT2D eigenvalue weighted by atomic mass is 16.5. The van der Waals surface area contributed by atoms with Crippen LogP contribution in [0, 0.1) is 11.3 Å². The first-order valence-corrected chi connectivity index (χ1v) is 5.26. The number of nitrogens with two attached hydrogens (primary N) is 1. The average molecular weight is 199 g/mol. The Kier molecular flexibility index (Phi) is 4.35. The number of hydrogen-bond acceptors (Lipinski definition) is 3. The SMILES string of the molecule is CCC(C(=N)N)N1CCC(COC)C1. The maximum Gasteiger partial charge on any atom is 0.108 e. The largest absolute Gasteiger partial charge is 0.386 e. The Balaban J connectivity index is 2.43. The number of hydrogen-bond donors (Lipinski definition) is 2. The third kappa shape index (κ3) is 2.69. The van der Waals surface area contributed by atoms with E-state index in [0.29, 0.717) is 11.8 Å². The van der Waals surface area contributed by atoms with Crippen LogP contribution in [0.4, 0.5) is 0 Å². The van der Waals surface area contributed by atoms with Gasteiger partial charge >= 0.3 is 0 Å². The van der Waals surface area contributed by atoms with E-state index in [0.717, 1.165) is 32.5 Å². The lowest BCUT2D eigenvalue weighted by atomic mass is 10.1. The van der Waals surface area contributed by atoms with Crippen molar-refractivity contribution >= 4 is 5.84 Å². The summed E-state index contributed by atoms with van der Waals surface area (Å²) in [5.74, 6) is 0.916. The molecule has 0 aromatic heterocycles. The van der Waals surface area contributed by atoms with E-state index in [1.807, 2.05) is 0 Å². The molecule has 4 nitrogen and oxygen atoms in total. The van der Waals surface area contributed by atoms with E-state index in [1.54, 1.807) is 7.11 Å². The molecule has 1 saturated heterocycles. The van der Waals surface area contributed by atoms with E-state index in [1.165, 1.54) is 0 Å². The Hall–Kier alpha value is -0.610. The second kappa shape index (κ2) is 5.32. The fraction of sp³-hybridized carbons (Fsp3) is 0.900. The summed E-state index contributed by atoms with van der Waals surface area (Å²) >= 11 is 0. The smallest absolute Gasteiger partial charge is 0.108 e. The standard InChI is InChI=1S/C10H21N3O/c1-3-9(10(11)12)13-5-4-8(6-13)7-14-2/h8-9H,3-7H2,1-2H3,(H3,11,12). The molecule has 0 saturated carbocycles.